The van der Waals surface area contributed by atoms with Gasteiger partial charge in [-0.2, -0.15) is 10.3 Å². The second-order valence-corrected chi connectivity index (χ2v) is 3.61. The van der Waals surface area contributed by atoms with Gasteiger partial charge in [-0.15, -0.1) is 5.10 Å². The van der Waals surface area contributed by atoms with Gasteiger partial charge in [-0.05, 0) is 18.6 Å². The van der Waals surface area contributed by atoms with Gasteiger partial charge in [-0.1, -0.05) is 35.9 Å². The van der Waals surface area contributed by atoms with Gasteiger partial charge in [0.05, 0.1) is 0 Å². The summed E-state index contributed by atoms with van der Waals surface area (Å²) in [7, 11) is 0. The lowest BCUT2D eigenvalue weighted by Gasteiger charge is -1.94. The molecule has 0 saturated carbocycles. The molecule has 0 bridgehead atoms. The zero-order valence-electron chi connectivity index (χ0n) is 9.21. The first-order valence-electron chi connectivity index (χ1n) is 5.05. The van der Waals surface area contributed by atoms with E-state index in [1.807, 2.05) is 31.2 Å². The van der Waals surface area contributed by atoms with E-state index >= 15 is 0 Å². The molecule has 0 aliphatic heterocycles. The van der Waals surface area contributed by atoms with Gasteiger partial charge in [0.15, 0.2) is 5.69 Å². The van der Waals surface area contributed by atoms with Crippen LogP contribution in [0.15, 0.2) is 24.3 Å². The average Bonchev–Trinajstić information content (AvgIpc) is 2.76. The molecule has 86 valence electrons. The molecule has 2 N–H and O–H groups in total. The number of hydrogen-bond donors (Lipinski definition) is 2. The number of carboxylic acids is 1. The van der Waals surface area contributed by atoms with E-state index in [0.29, 0.717) is 5.69 Å². The predicted molar refractivity (Wildman–Crippen MR) is 63.4 cm³/mol. The lowest BCUT2D eigenvalue weighted by molar-refractivity contribution is 0.0690. The van der Waals surface area contributed by atoms with Crippen molar-refractivity contribution in [2.45, 2.75) is 6.92 Å². The van der Waals surface area contributed by atoms with Crippen molar-refractivity contribution in [2.75, 3.05) is 0 Å². The fourth-order valence-electron chi connectivity index (χ4n) is 1.37. The molecule has 1 aromatic heterocycles. The van der Waals surface area contributed by atoms with Crippen LogP contribution in [0.25, 0.3) is 12.2 Å². The molecule has 0 amide bonds. The van der Waals surface area contributed by atoms with Crippen molar-refractivity contribution in [1.82, 2.24) is 15.4 Å². The summed E-state index contributed by atoms with van der Waals surface area (Å²) < 4.78 is 0. The largest absolute Gasteiger partial charge is 0.476 e. The van der Waals surface area contributed by atoms with Crippen molar-refractivity contribution < 1.29 is 9.90 Å². The van der Waals surface area contributed by atoms with Crippen LogP contribution in [-0.2, 0) is 0 Å². The molecular formula is C12H11N3O2. The molecule has 0 saturated heterocycles. The van der Waals surface area contributed by atoms with Crippen LogP contribution in [-0.4, -0.2) is 26.5 Å². The van der Waals surface area contributed by atoms with E-state index in [4.69, 9.17) is 5.11 Å². The van der Waals surface area contributed by atoms with Crippen LogP contribution >= 0.6 is 0 Å². The number of aromatic amines is 1. The maximum Gasteiger partial charge on any atom is 0.358 e. The number of carbonyl (C=O) groups is 1. The molecule has 0 atom stereocenters. The second kappa shape index (κ2) is 4.61. The fraction of sp³-hybridized carbons (Fsp3) is 0.0833. The van der Waals surface area contributed by atoms with E-state index in [2.05, 4.69) is 15.4 Å². The summed E-state index contributed by atoms with van der Waals surface area (Å²) in [5.41, 5.74) is 2.40. The number of carboxylic acid groups (broad SMARTS) is 1. The minimum atomic E-state index is -1.10. The highest BCUT2D eigenvalue weighted by Gasteiger charge is 2.11. The van der Waals surface area contributed by atoms with Gasteiger partial charge in [-0.25, -0.2) is 4.79 Å². The van der Waals surface area contributed by atoms with Crippen molar-refractivity contribution >= 4 is 18.1 Å². The summed E-state index contributed by atoms with van der Waals surface area (Å²) in [4.78, 5) is 10.8. The first kappa shape index (κ1) is 11.1. The lowest BCUT2D eigenvalue weighted by Crippen LogP contribution is -1.98. The normalized spacial score (nSPS) is 10.9. The van der Waals surface area contributed by atoms with Gasteiger partial charge in [0.2, 0.25) is 0 Å². The van der Waals surface area contributed by atoms with Crippen molar-refractivity contribution in [3.8, 4) is 0 Å². The van der Waals surface area contributed by atoms with Crippen molar-refractivity contribution in [2.24, 2.45) is 0 Å². The van der Waals surface area contributed by atoms with Crippen LogP contribution in [0.3, 0.4) is 0 Å². The summed E-state index contributed by atoms with van der Waals surface area (Å²) in [6.07, 6.45) is 3.42. The van der Waals surface area contributed by atoms with Crippen molar-refractivity contribution in [3.05, 3.63) is 46.8 Å². The highest BCUT2D eigenvalue weighted by atomic mass is 16.4. The second-order valence-electron chi connectivity index (χ2n) is 3.61. The number of benzene rings is 1. The Bertz CT molecular complexity index is 555. The Morgan fingerprint density at radius 3 is 2.59 bits per heavy atom. The standard InChI is InChI=1S/C12H11N3O2/c1-8-2-4-9(5-3-8)6-7-10-11(12(16)17)14-15-13-10/h2-7H,1H3,(H,16,17)(H,13,14,15)/b7-6+. The summed E-state index contributed by atoms with van der Waals surface area (Å²) in [6.45, 7) is 2.01. The van der Waals surface area contributed by atoms with Gasteiger partial charge in [0.25, 0.3) is 0 Å². The molecule has 1 aromatic carbocycles. The third-order valence-electron chi connectivity index (χ3n) is 2.29. The molecule has 0 spiro atoms. The molecular weight excluding hydrogens is 218 g/mol. The first-order chi connectivity index (χ1) is 8.16. The SMILES string of the molecule is Cc1ccc(/C=C/c2n[nH]nc2C(=O)O)cc1. The third-order valence-corrected chi connectivity index (χ3v) is 2.29. The predicted octanol–water partition coefficient (Wildman–Crippen LogP) is 1.98. The number of nitrogens with zero attached hydrogens (tertiary/aromatic N) is 2. The molecule has 1 heterocycles. The molecule has 0 unspecified atom stereocenters. The molecule has 5 heteroatoms. The molecule has 2 rings (SSSR count). The van der Waals surface area contributed by atoms with Crippen LogP contribution in [0.1, 0.15) is 27.3 Å². The lowest BCUT2D eigenvalue weighted by atomic mass is 10.1. The maximum absolute atomic E-state index is 10.8. The Hall–Kier alpha value is -2.43. The van der Waals surface area contributed by atoms with E-state index in [-0.39, 0.29) is 5.69 Å². The number of nitrogens with one attached hydrogen (secondary N) is 1. The summed E-state index contributed by atoms with van der Waals surface area (Å²) in [5.74, 6) is -1.10. The smallest absolute Gasteiger partial charge is 0.358 e. The average molecular weight is 229 g/mol. The summed E-state index contributed by atoms with van der Waals surface area (Å²) in [6, 6.07) is 7.87. The molecule has 17 heavy (non-hydrogen) atoms. The third kappa shape index (κ3) is 2.57. The van der Waals surface area contributed by atoms with Gasteiger partial charge in [0.1, 0.15) is 5.69 Å². The summed E-state index contributed by atoms with van der Waals surface area (Å²) in [5, 5.41) is 18.4. The number of aromatic nitrogens is 3. The number of hydrogen-bond acceptors (Lipinski definition) is 3. The molecule has 5 nitrogen and oxygen atoms in total. The molecule has 0 aliphatic carbocycles. The monoisotopic (exact) mass is 229 g/mol. The van der Waals surface area contributed by atoms with E-state index < -0.39 is 5.97 Å². The Morgan fingerprint density at radius 2 is 1.94 bits per heavy atom. The van der Waals surface area contributed by atoms with Crippen molar-refractivity contribution in [1.29, 1.82) is 0 Å². The van der Waals surface area contributed by atoms with Crippen LogP contribution in [0, 0.1) is 6.92 Å². The zero-order chi connectivity index (χ0) is 12.3. The van der Waals surface area contributed by atoms with E-state index in [0.717, 1.165) is 5.56 Å². The highest BCUT2D eigenvalue weighted by molar-refractivity contribution is 5.90. The van der Waals surface area contributed by atoms with Crippen LogP contribution < -0.4 is 0 Å². The Labute approximate surface area is 97.8 Å². The first-order valence-corrected chi connectivity index (χ1v) is 5.05. The van der Waals surface area contributed by atoms with E-state index in [1.165, 1.54) is 5.56 Å². The quantitative estimate of drug-likeness (QED) is 0.843. The summed E-state index contributed by atoms with van der Waals surface area (Å²) >= 11 is 0. The zero-order valence-corrected chi connectivity index (χ0v) is 9.21. The Balaban J connectivity index is 2.23. The topological polar surface area (TPSA) is 78.9 Å². The number of aryl methyl sites for hydroxylation is 1. The Kier molecular flexibility index (Phi) is 3.00. The molecule has 0 fully saturated rings. The van der Waals surface area contributed by atoms with Gasteiger partial charge in [-0.3, -0.25) is 0 Å². The fourth-order valence-corrected chi connectivity index (χ4v) is 1.37. The number of rotatable bonds is 3. The van der Waals surface area contributed by atoms with Gasteiger partial charge < -0.3 is 5.11 Å². The molecule has 0 radical (unpaired) electrons. The maximum atomic E-state index is 10.8. The van der Waals surface area contributed by atoms with Crippen molar-refractivity contribution in [3.63, 3.8) is 0 Å². The minimum Gasteiger partial charge on any atom is -0.476 e. The molecule has 2 aromatic rings. The van der Waals surface area contributed by atoms with Crippen LogP contribution in [0.4, 0.5) is 0 Å². The van der Waals surface area contributed by atoms with Gasteiger partial charge >= 0.3 is 5.97 Å². The van der Waals surface area contributed by atoms with Crippen LogP contribution in [0.2, 0.25) is 0 Å². The minimum absolute atomic E-state index is 0.0756. The molecule has 0 aliphatic rings. The van der Waals surface area contributed by atoms with Gasteiger partial charge in [0, 0.05) is 0 Å². The van der Waals surface area contributed by atoms with E-state index in [9.17, 15) is 4.79 Å². The highest BCUT2D eigenvalue weighted by Crippen LogP contribution is 2.09. The number of aromatic carboxylic acids is 1. The Morgan fingerprint density at radius 1 is 1.24 bits per heavy atom. The number of H-pyrrole nitrogens is 1. The van der Waals surface area contributed by atoms with E-state index in [1.54, 1.807) is 12.2 Å². The van der Waals surface area contributed by atoms with Crippen LogP contribution in [0.5, 0.6) is 0 Å².